The summed E-state index contributed by atoms with van der Waals surface area (Å²) in [6, 6.07) is 0. The van der Waals surface area contributed by atoms with Crippen LogP contribution >= 0.6 is 0 Å². The second-order valence-electron chi connectivity index (χ2n) is 3.02. The van der Waals surface area contributed by atoms with Crippen molar-refractivity contribution in [1.82, 2.24) is 0 Å². The van der Waals surface area contributed by atoms with Crippen molar-refractivity contribution >= 4 is 11.9 Å². The number of carbonyl (C=O) groups is 2. The zero-order valence-electron chi connectivity index (χ0n) is 7.69. The molecule has 0 radical (unpaired) electrons. The van der Waals surface area contributed by atoms with E-state index in [1.54, 1.807) is 6.92 Å². The Balaban J connectivity index is 4.44. The van der Waals surface area contributed by atoms with Crippen LogP contribution in [0.3, 0.4) is 0 Å². The third-order valence-electron chi connectivity index (χ3n) is 2.13. The topological polar surface area (TPSA) is 83.8 Å². The van der Waals surface area contributed by atoms with Crippen LogP contribution in [0.2, 0.25) is 0 Å². The maximum absolute atomic E-state index is 10.9. The van der Waals surface area contributed by atoms with E-state index in [0.717, 1.165) is 0 Å². The van der Waals surface area contributed by atoms with Gasteiger partial charge in [-0.1, -0.05) is 20.3 Å². The van der Waals surface area contributed by atoms with Gasteiger partial charge >= 0.3 is 5.97 Å². The van der Waals surface area contributed by atoms with Gasteiger partial charge in [0.05, 0.1) is 12.3 Å². The highest BCUT2D eigenvalue weighted by molar-refractivity contribution is 5.83. The van der Waals surface area contributed by atoms with Crippen LogP contribution in [0.5, 0.6) is 0 Å². The first kappa shape index (κ1) is 11.7. The number of aliphatic carboxylic acids is 1. The van der Waals surface area contributed by atoms with Crippen molar-refractivity contribution in [3.8, 4) is 0 Å². The van der Waals surface area contributed by atoms with Crippen LogP contribution < -0.4 is 0 Å². The molecule has 0 bridgehead atoms. The molecule has 0 fully saturated rings. The molecule has 0 rings (SSSR count). The fraction of sp³-hybridized carbons (Fsp3) is 0.750. The second-order valence-corrected chi connectivity index (χ2v) is 3.02. The van der Waals surface area contributed by atoms with E-state index >= 15 is 0 Å². The number of carboxylic acids is 1. The van der Waals surface area contributed by atoms with Crippen molar-refractivity contribution in [2.45, 2.75) is 26.7 Å². The zero-order valence-corrected chi connectivity index (χ0v) is 7.69. The lowest BCUT2D eigenvalue weighted by Crippen LogP contribution is -2.23. The standard InChI is InChI=1S/C8H13NO4/c1-3-5(2)6(4-7(10)11)8(12)9-13/h5-6H,3-4H2,1-2H3,(H,10,11). The van der Waals surface area contributed by atoms with Crippen molar-refractivity contribution in [3.63, 3.8) is 0 Å². The van der Waals surface area contributed by atoms with E-state index < -0.39 is 17.8 Å². The zero-order chi connectivity index (χ0) is 10.4. The summed E-state index contributed by atoms with van der Waals surface area (Å²) in [4.78, 5) is 31.2. The summed E-state index contributed by atoms with van der Waals surface area (Å²) in [5, 5.41) is 10.7. The molecule has 13 heavy (non-hydrogen) atoms. The maximum Gasteiger partial charge on any atom is 0.304 e. The average molecular weight is 187 g/mol. The number of amides is 1. The highest BCUT2D eigenvalue weighted by Gasteiger charge is 2.27. The Kier molecular flexibility index (Phi) is 4.87. The SMILES string of the molecule is CCC(C)C(CC(=O)O)C(=O)N=O. The van der Waals surface area contributed by atoms with Gasteiger partial charge in [0.15, 0.2) is 0 Å². The summed E-state index contributed by atoms with van der Waals surface area (Å²) >= 11 is 0. The number of nitroso groups, excluding NO2 is 1. The molecule has 0 saturated heterocycles. The van der Waals surface area contributed by atoms with Gasteiger partial charge in [-0.25, -0.2) is 0 Å². The Hall–Kier alpha value is -1.26. The first-order valence-electron chi connectivity index (χ1n) is 4.11. The molecule has 5 heteroatoms. The van der Waals surface area contributed by atoms with Crippen molar-refractivity contribution < 1.29 is 14.7 Å². The van der Waals surface area contributed by atoms with Gasteiger partial charge in [0.2, 0.25) is 0 Å². The van der Waals surface area contributed by atoms with E-state index in [9.17, 15) is 14.5 Å². The second kappa shape index (κ2) is 5.40. The fourth-order valence-corrected chi connectivity index (χ4v) is 1.07. The minimum Gasteiger partial charge on any atom is -0.481 e. The van der Waals surface area contributed by atoms with Crippen molar-refractivity contribution in [2.75, 3.05) is 0 Å². The van der Waals surface area contributed by atoms with Gasteiger partial charge in [-0.15, -0.1) is 4.91 Å². The number of hydrogen-bond acceptors (Lipinski definition) is 3. The molecule has 0 saturated carbocycles. The lowest BCUT2D eigenvalue weighted by molar-refractivity contribution is -0.141. The largest absolute Gasteiger partial charge is 0.481 e. The Morgan fingerprint density at radius 3 is 2.31 bits per heavy atom. The summed E-state index contributed by atoms with van der Waals surface area (Å²) in [5.41, 5.74) is 0. The first-order valence-corrected chi connectivity index (χ1v) is 4.11. The van der Waals surface area contributed by atoms with Gasteiger partial charge in [0, 0.05) is 5.18 Å². The van der Waals surface area contributed by atoms with Crippen molar-refractivity contribution in [1.29, 1.82) is 0 Å². The van der Waals surface area contributed by atoms with Gasteiger partial charge in [0.1, 0.15) is 0 Å². The summed E-state index contributed by atoms with van der Waals surface area (Å²) in [7, 11) is 0. The lowest BCUT2D eigenvalue weighted by atomic mass is 9.88. The van der Waals surface area contributed by atoms with Crippen LogP contribution in [0.25, 0.3) is 0 Å². The molecule has 0 spiro atoms. The van der Waals surface area contributed by atoms with E-state index in [0.29, 0.717) is 6.42 Å². The monoisotopic (exact) mass is 187 g/mol. The molecule has 74 valence electrons. The molecule has 0 aliphatic carbocycles. The molecule has 0 aliphatic heterocycles. The normalized spacial score (nSPS) is 14.6. The van der Waals surface area contributed by atoms with E-state index in [2.05, 4.69) is 5.18 Å². The third kappa shape index (κ3) is 3.78. The molecule has 0 aromatic rings. The number of carboxylic acid groups (broad SMARTS) is 1. The van der Waals surface area contributed by atoms with E-state index in [4.69, 9.17) is 5.11 Å². The van der Waals surface area contributed by atoms with E-state index in [1.165, 1.54) is 0 Å². The molecule has 2 unspecified atom stereocenters. The molecule has 0 heterocycles. The molecule has 0 aromatic heterocycles. The Labute approximate surface area is 76.1 Å². The molecule has 5 nitrogen and oxygen atoms in total. The average Bonchev–Trinajstić information content (AvgIpc) is 2.11. The molecule has 1 N–H and O–H groups in total. The summed E-state index contributed by atoms with van der Waals surface area (Å²) in [5.74, 6) is -2.85. The predicted octanol–water partition coefficient (Wildman–Crippen LogP) is 1.42. The van der Waals surface area contributed by atoms with Gasteiger partial charge in [-0.3, -0.25) is 9.59 Å². The van der Waals surface area contributed by atoms with Crippen LogP contribution in [0.15, 0.2) is 5.18 Å². The minimum atomic E-state index is -1.08. The Morgan fingerprint density at radius 2 is 2.00 bits per heavy atom. The van der Waals surface area contributed by atoms with Crippen LogP contribution in [0.4, 0.5) is 0 Å². The van der Waals surface area contributed by atoms with Gasteiger partial charge < -0.3 is 5.11 Å². The minimum absolute atomic E-state index is 0.124. The van der Waals surface area contributed by atoms with Crippen LogP contribution in [-0.2, 0) is 9.59 Å². The Morgan fingerprint density at radius 1 is 1.46 bits per heavy atom. The van der Waals surface area contributed by atoms with E-state index in [-0.39, 0.29) is 12.3 Å². The van der Waals surface area contributed by atoms with Gasteiger partial charge in [0.25, 0.3) is 5.91 Å². The van der Waals surface area contributed by atoms with Crippen LogP contribution in [-0.4, -0.2) is 17.0 Å². The molecule has 0 aromatic carbocycles. The number of hydrogen-bond donors (Lipinski definition) is 1. The van der Waals surface area contributed by atoms with Crippen LogP contribution in [0, 0.1) is 16.7 Å². The smallest absolute Gasteiger partial charge is 0.304 e. The molecular formula is C8H13NO4. The number of carbonyl (C=O) groups excluding carboxylic acids is 1. The van der Waals surface area contributed by atoms with Gasteiger partial charge in [-0.2, -0.15) is 0 Å². The maximum atomic E-state index is 10.9. The quantitative estimate of drug-likeness (QED) is 0.659. The van der Waals surface area contributed by atoms with E-state index in [1.807, 2.05) is 6.92 Å². The van der Waals surface area contributed by atoms with Crippen molar-refractivity contribution in [3.05, 3.63) is 4.91 Å². The number of rotatable bonds is 5. The first-order chi connectivity index (χ1) is 6.02. The third-order valence-corrected chi connectivity index (χ3v) is 2.13. The predicted molar refractivity (Wildman–Crippen MR) is 46.0 cm³/mol. The summed E-state index contributed by atoms with van der Waals surface area (Å²) in [6.45, 7) is 3.56. The molecular weight excluding hydrogens is 174 g/mol. The fourth-order valence-electron chi connectivity index (χ4n) is 1.07. The Bertz CT molecular complexity index is 214. The van der Waals surface area contributed by atoms with Gasteiger partial charge in [-0.05, 0) is 5.92 Å². The molecule has 2 atom stereocenters. The van der Waals surface area contributed by atoms with Crippen molar-refractivity contribution in [2.24, 2.45) is 17.0 Å². The summed E-state index contributed by atoms with van der Waals surface area (Å²) in [6.07, 6.45) is 0.332. The molecule has 0 aliphatic rings. The number of nitrogens with zero attached hydrogens (tertiary/aromatic N) is 1. The molecule has 1 amide bonds. The van der Waals surface area contributed by atoms with Crippen LogP contribution in [0.1, 0.15) is 26.7 Å². The lowest BCUT2D eigenvalue weighted by Gasteiger charge is -2.15. The highest BCUT2D eigenvalue weighted by atomic mass is 16.4. The highest BCUT2D eigenvalue weighted by Crippen LogP contribution is 2.20. The summed E-state index contributed by atoms with van der Waals surface area (Å²) < 4.78 is 0.